The fourth-order valence-electron chi connectivity index (χ4n) is 1.55. The fourth-order valence-corrected chi connectivity index (χ4v) is 2.62. The molecule has 1 aliphatic heterocycles. The van der Waals surface area contributed by atoms with E-state index in [2.05, 4.69) is 36.9 Å². The average Bonchev–Trinajstić information content (AvgIpc) is 2.54. The molecule has 1 aliphatic rings. The molecule has 1 unspecified atom stereocenters. The molecule has 0 bridgehead atoms. The van der Waals surface area contributed by atoms with E-state index in [1.807, 2.05) is 11.8 Å². The summed E-state index contributed by atoms with van der Waals surface area (Å²) in [6.07, 6.45) is 1.16. The van der Waals surface area contributed by atoms with Gasteiger partial charge in [0.25, 0.3) is 0 Å². The van der Waals surface area contributed by atoms with Gasteiger partial charge in [-0.15, -0.1) is 11.8 Å². The summed E-state index contributed by atoms with van der Waals surface area (Å²) in [6, 6.07) is 10.7. The van der Waals surface area contributed by atoms with Gasteiger partial charge in [0, 0.05) is 5.75 Å². The summed E-state index contributed by atoms with van der Waals surface area (Å²) in [6.45, 7) is 3.99. The maximum Gasteiger partial charge on any atom is 0.00489 e. The number of benzene rings is 1. The van der Waals surface area contributed by atoms with E-state index in [1.54, 1.807) is 0 Å². The Balaban J connectivity index is 2.16. The molecule has 0 spiro atoms. The van der Waals surface area contributed by atoms with Crippen molar-refractivity contribution in [3.05, 3.63) is 47.4 Å². The molecule has 0 N–H and O–H groups in total. The van der Waals surface area contributed by atoms with Gasteiger partial charge in [-0.2, -0.15) is 0 Å². The third-order valence-electron chi connectivity index (χ3n) is 2.23. The zero-order valence-corrected chi connectivity index (χ0v) is 7.81. The molecule has 1 aromatic carbocycles. The Morgan fingerprint density at radius 1 is 1.25 bits per heavy atom. The SMILES string of the molecule is C=C1CC(c2ccccc2)CS1. The number of allylic oxidation sites excluding steroid dienone is 1. The van der Waals surface area contributed by atoms with Gasteiger partial charge < -0.3 is 0 Å². The molecule has 0 aliphatic carbocycles. The second-order valence-corrected chi connectivity index (χ2v) is 4.36. The topological polar surface area (TPSA) is 0 Å². The van der Waals surface area contributed by atoms with E-state index >= 15 is 0 Å². The van der Waals surface area contributed by atoms with Gasteiger partial charge in [-0.1, -0.05) is 36.9 Å². The molecule has 0 amide bonds. The molecule has 12 heavy (non-hydrogen) atoms. The van der Waals surface area contributed by atoms with Gasteiger partial charge in [0.15, 0.2) is 0 Å². The Morgan fingerprint density at radius 2 is 2.00 bits per heavy atom. The van der Waals surface area contributed by atoms with E-state index in [0.29, 0.717) is 5.92 Å². The molecule has 1 saturated heterocycles. The van der Waals surface area contributed by atoms with Crippen molar-refractivity contribution in [2.75, 3.05) is 5.75 Å². The van der Waals surface area contributed by atoms with Gasteiger partial charge in [0.2, 0.25) is 0 Å². The monoisotopic (exact) mass is 176 g/mol. The van der Waals surface area contributed by atoms with Gasteiger partial charge in [-0.25, -0.2) is 0 Å². The standard InChI is InChI=1S/C11H12S/c1-9-7-11(8-12-9)10-5-3-2-4-6-10/h2-6,11H,1,7-8H2. The summed E-state index contributed by atoms with van der Waals surface area (Å²) < 4.78 is 0. The van der Waals surface area contributed by atoms with Crippen LogP contribution in [-0.2, 0) is 0 Å². The minimum absolute atomic E-state index is 0.712. The molecular formula is C11H12S. The molecule has 62 valence electrons. The van der Waals surface area contributed by atoms with Crippen LogP contribution in [0.4, 0.5) is 0 Å². The zero-order valence-electron chi connectivity index (χ0n) is 6.99. The first kappa shape index (κ1) is 7.93. The van der Waals surface area contributed by atoms with Crippen LogP contribution in [0.3, 0.4) is 0 Å². The molecule has 0 radical (unpaired) electrons. The molecule has 1 aromatic rings. The van der Waals surface area contributed by atoms with E-state index < -0.39 is 0 Å². The Morgan fingerprint density at radius 3 is 2.58 bits per heavy atom. The smallest absolute Gasteiger partial charge is 0.00489 e. The summed E-state index contributed by atoms with van der Waals surface area (Å²) in [7, 11) is 0. The molecule has 0 nitrogen and oxygen atoms in total. The van der Waals surface area contributed by atoms with Gasteiger partial charge in [-0.3, -0.25) is 0 Å². The first-order chi connectivity index (χ1) is 5.86. The third-order valence-corrected chi connectivity index (χ3v) is 3.38. The maximum absolute atomic E-state index is 3.99. The third kappa shape index (κ3) is 1.56. The predicted octanol–water partition coefficient (Wildman–Crippen LogP) is 3.42. The number of hydrogen-bond acceptors (Lipinski definition) is 1. The van der Waals surface area contributed by atoms with Crippen LogP contribution in [0.15, 0.2) is 41.8 Å². The van der Waals surface area contributed by atoms with Gasteiger partial charge in [-0.05, 0) is 22.8 Å². The second-order valence-electron chi connectivity index (χ2n) is 3.16. The highest BCUT2D eigenvalue weighted by Crippen LogP contribution is 2.39. The molecule has 1 atom stereocenters. The lowest BCUT2D eigenvalue weighted by Crippen LogP contribution is -1.94. The minimum atomic E-state index is 0.712. The summed E-state index contributed by atoms with van der Waals surface area (Å²) >= 11 is 1.91. The summed E-state index contributed by atoms with van der Waals surface area (Å²) in [4.78, 5) is 1.34. The fraction of sp³-hybridized carbons (Fsp3) is 0.273. The van der Waals surface area contributed by atoms with Crippen molar-refractivity contribution < 1.29 is 0 Å². The number of hydrogen-bond donors (Lipinski definition) is 0. The molecular weight excluding hydrogens is 164 g/mol. The van der Waals surface area contributed by atoms with Gasteiger partial charge >= 0.3 is 0 Å². The highest BCUT2D eigenvalue weighted by Gasteiger charge is 2.19. The lowest BCUT2D eigenvalue weighted by atomic mass is 9.98. The van der Waals surface area contributed by atoms with Crippen LogP contribution in [-0.4, -0.2) is 5.75 Å². The van der Waals surface area contributed by atoms with Crippen LogP contribution >= 0.6 is 11.8 Å². The highest BCUT2D eigenvalue weighted by molar-refractivity contribution is 8.03. The molecule has 1 heteroatoms. The average molecular weight is 176 g/mol. The molecule has 1 heterocycles. The van der Waals surface area contributed by atoms with E-state index in [-0.39, 0.29) is 0 Å². The Bertz CT molecular complexity index is 276. The largest absolute Gasteiger partial charge is 0.131 e. The second kappa shape index (κ2) is 3.36. The summed E-state index contributed by atoms with van der Waals surface area (Å²) in [5.41, 5.74) is 1.46. The quantitative estimate of drug-likeness (QED) is 0.631. The molecule has 0 saturated carbocycles. The summed E-state index contributed by atoms with van der Waals surface area (Å²) in [5.74, 6) is 1.92. The van der Waals surface area contributed by atoms with Crippen molar-refractivity contribution >= 4 is 11.8 Å². The Labute approximate surface area is 77.7 Å². The highest BCUT2D eigenvalue weighted by atomic mass is 32.2. The van der Waals surface area contributed by atoms with Crippen LogP contribution < -0.4 is 0 Å². The van der Waals surface area contributed by atoms with E-state index in [4.69, 9.17) is 0 Å². The lowest BCUT2D eigenvalue weighted by molar-refractivity contribution is 0.811. The molecule has 1 fully saturated rings. The lowest BCUT2D eigenvalue weighted by Gasteiger charge is -2.06. The minimum Gasteiger partial charge on any atom is -0.131 e. The first-order valence-electron chi connectivity index (χ1n) is 4.22. The van der Waals surface area contributed by atoms with Crippen LogP contribution in [0, 0.1) is 0 Å². The van der Waals surface area contributed by atoms with Gasteiger partial charge in [0.05, 0.1) is 0 Å². The van der Waals surface area contributed by atoms with Crippen molar-refractivity contribution in [3.8, 4) is 0 Å². The van der Waals surface area contributed by atoms with E-state index in [0.717, 1.165) is 6.42 Å². The maximum atomic E-state index is 3.99. The van der Waals surface area contributed by atoms with Crippen molar-refractivity contribution in [3.63, 3.8) is 0 Å². The van der Waals surface area contributed by atoms with Crippen LogP contribution in [0.1, 0.15) is 17.9 Å². The van der Waals surface area contributed by atoms with Gasteiger partial charge in [0.1, 0.15) is 0 Å². The predicted molar refractivity (Wildman–Crippen MR) is 55.4 cm³/mol. The number of rotatable bonds is 1. The first-order valence-corrected chi connectivity index (χ1v) is 5.20. The Hall–Kier alpha value is -0.690. The number of thioether (sulfide) groups is 1. The van der Waals surface area contributed by atoms with E-state index in [1.165, 1.54) is 16.2 Å². The normalized spacial score (nSPS) is 23.0. The van der Waals surface area contributed by atoms with Crippen LogP contribution in [0.5, 0.6) is 0 Å². The van der Waals surface area contributed by atoms with Crippen molar-refractivity contribution in [2.45, 2.75) is 12.3 Å². The van der Waals surface area contributed by atoms with Crippen molar-refractivity contribution in [1.82, 2.24) is 0 Å². The molecule has 0 aromatic heterocycles. The van der Waals surface area contributed by atoms with Crippen LogP contribution in [0.2, 0.25) is 0 Å². The van der Waals surface area contributed by atoms with Crippen molar-refractivity contribution in [2.24, 2.45) is 0 Å². The summed E-state index contributed by atoms with van der Waals surface area (Å²) in [5, 5.41) is 0. The molecule has 2 rings (SSSR count). The van der Waals surface area contributed by atoms with Crippen LogP contribution in [0.25, 0.3) is 0 Å². The van der Waals surface area contributed by atoms with E-state index in [9.17, 15) is 0 Å². The zero-order chi connectivity index (χ0) is 8.39. The van der Waals surface area contributed by atoms with Crippen molar-refractivity contribution in [1.29, 1.82) is 0 Å². The Kier molecular flexibility index (Phi) is 2.22.